The van der Waals surface area contributed by atoms with Crippen LogP contribution in [0.2, 0.25) is 0 Å². The zero-order valence-electron chi connectivity index (χ0n) is 14.5. The van der Waals surface area contributed by atoms with Gasteiger partial charge in [-0.3, -0.25) is 4.31 Å². The molecule has 2 aromatic rings. The Hall–Kier alpha value is -2.27. The average Bonchev–Trinajstić information content (AvgIpc) is 2.55. The Morgan fingerprint density at radius 3 is 2.29 bits per heavy atom. The third-order valence-electron chi connectivity index (χ3n) is 4.03. The summed E-state index contributed by atoms with van der Waals surface area (Å²) in [5, 5.41) is 0. The minimum atomic E-state index is -3.69. The molecule has 0 aromatic heterocycles. The molecule has 128 valence electrons. The number of ether oxygens (including phenoxy) is 1. The fourth-order valence-corrected chi connectivity index (χ4v) is 3.99. The largest absolute Gasteiger partial charge is 0.496 e. The van der Waals surface area contributed by atoms with Crippen molar-refractivity contribution in [3.8, 4) is 5.75 Å². The predicted molar refractivity (Wildman–Crippen MR) is 98.4 cm³/mol. The van der Waals surface area contributed by atoms with E-state index < -0.39 is 10.0 Å². The minimum absolute atomic E-state index is 0.204. The summed E-state index contributed by atoms with van der Waals surface area (Å²) < 4.78 is 32.8. The molecule has 0 aliphatic carbocycles. The second-order valence-corrected chi connectivity index (χ2v) is 7.59. The molecular formula is C19H23NO3S. The van der Waals surface area contributed by atoms with Crippen LogP contribution in [-0.4, -0.2) is 22.1 Å². The van der Waals surface area contributed by atoms with Gasteiger partial charge in [-0.25, -0.2) is 8.42 Å². The number of benzene rings is 2. The van der Waals surface area contributed by atoms with Crippen LogP contribution in [0.4, 0.5) is 5.69 Å². The molecule has 4 nitrogen and oxygen atoms in total. The van der Waals surface area contributed by atoms with Crippen molar-refractivity contribution in [3.63, 3.8) is 0 Å². The summed E-state index contributed by atoms with van der Waals surface area (Å²) in [4.78, 5) is 0.237. The summed E-state index contributed by atoms with van der Waals surface area (Å²) in [6.45, 7) is 9.69. The van der Waals surface area contributed by atoms with Crippen LogP contribution in [-0.2, 0) is 10.0 Å². The Kier molecular flexibility index (Phi) is 5.34. The lowest BCUT2D eigenvalue weighted by atomic mass is 10.1. The van der Waals surface area contributed by atoms with Crippen LogP contribution in [0.1, 0.15) is 16.7 Å². The van der Waals surface area contributed by atoms with Crippen molar-refractivity contribution in [2.24, 2.45) is 0 Å². The number of nitrogens with zero attached hydrogens (tertiary/aromatic N) is 1. The highest BCUT2D eigenvalue weighted by Gasteiger charge is 2.25. The zero-order chi connectivity index (χ0) is 17.9. The van der Waals surface area contributed by atoms with Gasteiger partial charge in [0.05, 0.1) is 24.2 Å². The molecule has 0 saturated heterocycles. The van der Waals surface area contributed by atoms with Gasteiger partial charge < -0.3 is 4.74 Å². The van der Waals surface area contributed by atoms with E-state index in [1.807, 2.05) is 39.0 Å². The van der Waals surface area contributed by atoms with E-state index in [4.69, 9.17) is 4.74 Å². The van der Waals surface area contributed by atoms with Gasteiger partial charge in [0.25, 0.3) is 10.0 Å². The van der Waals surface area contributed by atoms with E-state index in [0.29, 0.717) is 11.4 Å². The topological polar surface area (TPSA) is 46.6 Å². The van der Waals surface area contributed by atoms with Crippen LogP contribution in [0.3, 0.4) is 0 Å². The normalized spacial score (nSPS) is 11.2. The molecule has 0 unspecified atom stereocenters. The molecule has 0 amide bonds. The molecule has 0 saturated carbocycles. The van der Waals surface area contributed by atoms with Crippen LogP contribution in [0.5, 0.6) is 5.75 Å². The van der Waals surface area contributed by atoms with Gasteiger partial charge in [-0.15, -0.1) is 6.58 Å². The summed E-state index contributed by atoms with van der Waals surface area (Å²) in [5.74, 6) is 0.662. The Bertz CT molecular complexity index is 857. The number of hydrogen-bond acceptors (Lipinski definition) is 3. The van der Waals surface area contributed by atoms with E-state index in [-0.39, 0.29) is 11.4 Å². The van der Waals surface area contributed by atoms with Gasteiger partial charge in [0, 0.05) is 0 Å². The maximum Gasteiger partial charge on any atom is 0.264 e. The van der Waals surface area contributed by atoms with Crippen LogP contribution < -0.4 is 9.04 Å². The Balaban J connectivity index is 2.54. The van der Waals surface area contributed by atoms with E-state index in [2.05, 4.69) is 6.58 Å². The predicted octanol–water partition coefficient (Wildman–Crippen LogP) is 4.00. The summed E-state index contributed by atoms with van der Waals surface area (Å²) >= 11 is 0. The van der Waals surface area contributed by atoms with E-state index in [0.717, 1.165) is 16.7 Å². The van der Waals surface area contributed by atoms with Crippen LogP contribution in [0.25, 0.3) is 0 Å². The number of sulfonamides is 1. The quantitative estimate of drug-likeness (QED) is 0.744. The zero-order valence-corrected chi connectivity index (χ0v) is 15.4. The highest BCUT2D eigenvalue weighted by Crippen LogP contribution is 2.28. The summed E-state index contributed by atoms with van der Waals surface area (Å²) in [6.07, 6.45) is 1.59. The molecule has 2 rings (SSSR count). The van der Waals surface area contributed by atoms with E-state index in [1.165, 1.54) is 4.31 Å². The van der Waals surface area contributed by atoms with Crippen molar-refractivity contribution in [1.29, 1.82) is 0 Å². The molecule has 24 heavy (non-hydrogen) atoms. The first kappa shape index (κ1) is 18.1. The lowest BCUT2D eigenvalue weighted by molar-refractivity contribution is 0.411. The first-order chi connectivity index (χ1) is 11.3. The number of rotatable bonds is 6. The lowest BCUT2D eigenvalue weighted by Crippen LogP contribution is -2.31. The van der Waals surface area contributed by atoms with Crippen molar-refractivity contribution in [2.45, 2.75) is 25.7 Å². The first-order valence-electron chi connectivity index (χ1n) is 7.66. The molecule has 0 fully saturated rings. The maximum absolute atomic E-state index is 13.1. The van der Waals surface area contributed by atoms with Gasteiger partial charge in [0.1, 0.15) is 5.75 Å². The number of hydrogen-bond donors (Lipinski definition) is 0. The molecule has 0 radical (unpaired) electrons. The Labute approximate surface area is 144 Å². The van der Waals surface area contributed by atoms with Crippen LogP contribution >= 0.6 is 0 Å². The standard InChI is InChI=1S/C19H23NO3S/c1-6-11-20(17-8-7-14(2)15(3)12-17)24(21,22)18-9-10-19(23-5)16(4)13-18/h6-10,12-13H,1,11H2,2-5H3. The Morgan fingerprint density at radius 2 is 1.75 bits per heavy atom. The Morgan fingerprint density at radius 1 is 1.04 bits per heavy atom. The van der Waals surface area contributed by atoms with Gasteiger partial charge in [0.15, 0.2) is 0 Å². The third kappa shape index (κ3) is 3.46. The first-order valence-corrected chi connectivity index (χ1v) is 9.10. The minimum Gasteiger partial charge on any atom is -0.496 e. The molecule has 0 bridgehead atoms. The molecule has 0 N–H and O–H groups in total. The molecule has 0 aliphatic rings. The van der Waals surface area contributed by atoms with Gasteiger partial charge in [-0.1, -0.05) is 12.1 Å². The highest BCUT2D eigenvalue weighted by molar-refractivity contribution is 7.92. The second kappa shape index (κ2) is 7.09. The van der Waals surface area contributed by atoms with E-state index in [9.17, 15) is 8.42 Å². The lowest BCUT2D eigenvalue weighted by Gasteiger charge is -2.24. The van der Waals surface area contributed by atoms with Crippen molar-refractivity contribution in [2.75, 3.05) is 18.0 Å². The molecule has 5 heteroatoms. The fourth-order valence-electron chi connectivity index (χ4n) is 2.48. The number of methoxy groups -OCH3 is 1. The average molecular weight is 345 g/mol. The summed E-state index contributed by atoms with van der Waals surface area (Å²) in [6, 6.07) is 10.5. The van der Waals surface area contributed by atoms with Gasteiger partial charge in [-0.2, -0.15) is 0 Å². The fraction of sp³-hybridized carbons (Fsp3) is 0.263. The van der Waals surface area contributed by atoms with E-state index >= 15 is 0 Å². The summed E-state index contributed by atoms with van der Waals surface area (Å²) in [7, 11) is -2.12. The smallest absolute Gasteiger partial charge is 0.264 e. The third-order valence-corrected chi connectivity index (χ3v) is 5.82. The SMILES string of the molecule is C=CCN(c1ccc(C)c(C)c1)S(=O)(=O)c1ccc(OC)c(C)c1. The molecule has 0 atom stereocenters. The molecule has 0 heterocycles. The van der Waals surface area contributed by atoms with Crippen molar-refractivity contribution >= 4 is 15.7 Å². The second-order valence-electron chi connectivity index (χ2n) is 5.72. The number of anilines is 1. The highest BCUT2D eigenvalue weighted by atomic mass is 32.2. The van der Waals surface area contributed by atoms with Gasteiger partial charge in [-0.05, 0) is 67.8 Å². The molecule has 0 aliphatic heterocycles. The van der Waals surface area contributed by atoms with Gasteiger partial charge >= 0.3 is 0 Å². The van der Waals surface area contributed by atoms with Crippen LogP contribution in [0.15, 0.2) is 53.9 Å². The van der Waals surface area contributed by atoms with Crippen molar-refractivity contribution < 1.29 is 13.2 Å². The van der Waals surface area contributed by atoms with Gasteiger partial charge in [0.2, 0.25) is 0 Å². The summed E-state index contributed by atoms with van der Waals surface area (Å²) in [5.41, 5.74) is 3.57. The monoisotopic (exact) mass is 345 g/mol. The van der Waals surface area contributed by atoms with Crippen LogP contribution in [0, 0.1) is 20.8 Å². The van der Waals surface area contributed by atoms with Crippen molar-refractivity contribution in [3.05, 3.63) is 65.7 Å². The maximum atomic E-state index is 13.1. The molecular weight excluding hydrogens is 322 g/mol. The van der Waals surface area contributed by atoms with Crippen molar-refractivity contribution in [1.82, 2.24) is 0 Å². The molecule has 0 spiro atoms. The number of aryl methyl sites for hydroxylation is 3. The molecule has 2 aromatic carbocycles. The van der Waals surface area contributed by atoms with E-state index in [1.54, 1.807) is 31.4 Å².